The first-order valence-corrected chi connectivity index (χ1v) is 4.75. The molecule has 0 fully saturated rings. The Balaban J connectivity index is 2.74. The average Bonchev–Trinajstić information content (AvgIpc) is 1.93. The minimum atomic E-state index is -1.22. The SMILES string of the molecule is Cc1ccc(OS(C)=O)cc1. The molecule has 1 atom stereocenters. The summed E-state index contributed by atoms with van der Waals surface area (Å²) in [7, 11) is 0. The molecular formula is C8H10O2S. The quantitative estimate of drug-likeness (QED) is 0.674. The van der Waals surface area contributed by atoms with Crippen molar-refractivity contribution < 1.29 is 8.39 Å². The van der Waals surface area contributed by atoms with Crippen LogP contribution in [0.15, 0.2) is 24.3 Å². The summed E-state index contributed by atoms with van der Waals surface area (Å²) in [5, 5.41) is 0. The lowest BCUT2D eigenvalue weighted by molar-refractivity contribution is 0.568. The summed E-state index contributed by atoms with van der Waals surface area (Å²) >= 11 is -1.22. The molecule has 0 saturated heterocycles. The highest BCUT2D eigenvalue weighted by molar-refractivity contribution is 7.79. The smallest absolute Gasteiger partial charge is 0.203 e. The Kier molecular flexibility index (Phi) is 2.65. The van der Waals surface area contributed by atoms with E-state index in [1.165, 1.54) is 11.8 Å². The molecule has 1 rings (SSSR count). The standard InChI is InChI=1S/C8H10O2S/c1-7-3-5-8(6-4-7)10-11(2)9/h3-6H,1-2H3. The molecule has 1 aromatic carbocycles. The van der Waals surface area contributed by atoms with Crippen LogP contribution < -0.4 is 4.18 Å². The third-order valence-corrected chi connectivity index (χ3v) is 1.66. The molecule has 0 aromatic heterocycles. The maximum Gasteiger partial charge on any atom is 0.203 e. The van der Waals surface area contributed by atoms with Gasteiger partial charge in [0.1, 0.15) is 5.75 Å². The molecule has 0 radical (unpaired) electrons. The second kappa shape index (κ2) is 3.53. The molecule has 11 heavy (non-hydrogen) atoms. The number of hydrogen-bond acceptors (Lipinski definition) is 2. The summed E-state index contributed by atoms with van der Waals surface area (Å²) in [5.74, 6) is 0.649. The first-order valence-electron chi connectivity index (χ1n) is 3.27. The predicted molar refractivity (Wildman–Crippen MR) is 45.9 cm³/mol. The molecule has 3 heteroatoms. The lowest BCUT2D eigenvalue weighted by Gasteiger charge is -1.99. The van der Waals surface area contributed by atoms with Gasteiger partial charge < -0.3 is 4.18 Å². The van der Waals surface area contributed by atoms with Crippen molar-refractivity contribution in [2.24, 2.45) is 0 Å². The van der Waals surface area contributed by atoms with Gasteiger partial charge in [-0.1, -0.05) is 17.7 Å². The van der Waals surface area contributed by atoms with Crippen molar-refractivity contribution in [1.82, 2.24) is 0 Å². The monoisotopic (exact) mass is 170 g/mol. The predicted octanol–water partition coefficient (Wildman–Crippen LogP) is 1.67. The van der Waals surface area contributed by atoms with Crippen LogP contribution in [0.1, 0.15) is 5.56 Å². The molecule has 0 spiro atoms. The largest absolute Gasteiger partial charge is 0.401 e. The minimum Gasteiger partial charge on any atom is -0.401 e. The molecule has 2 nitrogen and oxygen atoms in total. The summed E-state index contributed by atoms with van der Waals surface area (Å²) in [4.78, 5) is 0. The van der Waals surface area contributed by atoms with Crippen LogP contribution >= 0.6 is 0 Å². The first-order chi connectivity index (χ1) is 5.18. The van der Waals surface area contributed by atoms with Crippen LogP contribution in [0.5, 0.6) is 5.75 Å². The Bertz CT molecular complexity index is 253. The number of hydrogen-bond donors (Lipinski definition) is 0. The molecular weight excluding hydrogens is 160 g/mol. The molecule has 0 aliphatic rings. The van der Waals surface area contributed by atoms with E-state index >= 15 is 0 Å². The Hall–Kier alpha value is -0.830. The first kappa shape index (κ1) is 8.27. The molecule has 0 aliphatic heterocycles. The molecule has 0 amide bonds. The van der Waals surface area contributed by atoms with Crippen molar-refractivity contribution in [3.8, 4) is 5.75 Å². The maximum atomic E-state index is 10.6. The van der Waals surface area contributed by atoms with Gasteiger partial charge in [-0.2, -0.15) is 0 Å². The molecule has 1 unspecified atom stereocenters. The Morgan fingerprint density at radius 1 is 1.27 bits per heavy atom. The Morgan fingerprint density at radius 2 is 1.82 bits per heavy atom. The van der Waals surface area contributed by atoms with Crippen LogP contribution in [0.25, 0.3) is 0 Å². The highest BCUT2D eigenvalue weighted by Crippen LogP contribution is 2.11. The maximum absolute atomic E-state index is 10.6. The summed E-state index contributed by atoms with van der Waals surface area (Å²) in [6, 6.07) is 7.44. The van der Waals surface area contributed by atoms with E-state index in [0.717, 1.165) is 0 Å². The van der Waals surface area contributed by atoms with Crippen molar-refractivity contribution in [3.63, 3.8) is 0 Å². The van der Waals surface area contributed by atoms with E-state index in [4.69, 9.17) is 4.18 Å². The lowest BCUT2D eigenvalue weighted by Crippen LogP contribution is -1.95. The van der Waals surface area contributed by atoms with Gasteiger partial charge in [0.25, 0.3) is 0 Å². The second-order valence-corrected chi connectivity index (χ2v) is 3.27. The van der Waals surface area contributed by atoms with Crippen LogP contribution in [-0.2, 0) is 11.1 Å². The fraction of sp³-hybridized carbons (Fsp3) is 0.250. The number of benzene rings is 1. The third-order valence-electron chi connectivity index (χ3n) is 1.23. The molecule has 0 N–H and O–H groups in total. The highest BCUT2D eigenvalue weighted by atomic mass is 32.2. The molecule has 0 bridgehead atoms. The lowest BCUT2D eigenvalue weighted by atomic mass is 10.2. The van der Waals surface area contributed by atoms with Crippen molar-refractivity contribution in [2.45, 2.75) is 6.92 Å². The Morgan fingerprint density at radius 3 is 2.27 bits per heavy atom. The number of rotatable bonds is 2. The van der Waals surface area contributed by atoms with Gasteiger partial charge in [0.2, 0.25) is 11.1 Å². The summed E-state index contributed by atoms with van der Waals surface area (Å²) in [5.41, 5.74) is 1.17. The zero-order chi connectivity index (χ0) is 8.27. The van der Waals surface area contributed by atoms with Gasteiger partial charge in [0.05, 0.1) is 0 Å². The topological polar surface area (TPSA) is 26.3 Å². The molecule has 60 valence electrons. The van der Waals surface area contributed by atoms with E-state index in [9.17, 15) is 4.21 Å². The van der Waals surface area contributed by atoms with Crippen LogP contribution in [-0.4, -0.2) is 10.5 Å². The van der Waals surface area contributed by atoms with E-state index in [0.29, 0.717) is 5.75 Å². The summed E-state index contributed by atoms with van der Waals surface area (Å²) < 4.78 is 15.5. The fourth-order valence-corrected chi connectivity index (χ4v) is 1.11. The van der Waals surface area contributed by atoms with Crippen LogP contribution in [0.2, 0.25) is 0 Å². The van der Waals surface area contributed by atoms with Gasteiger partial charge >= 0.3 is 0 Å². The van der Waals surface area contributed by atoms with E-state index < -0.39 is 11.1 Å². The van der Waals surface area contributed by atoms with Crippen LogP contribution in [0, 0.1) is 6.92 Å². The summed E-state index contributed by atoms with van der Waals surface area (Å²) in [6.07, 6.45) is 1.50. The number of aryl methyl sites for hydroxylation is 1. The second-order valence-electron chi connectivity index (χ2n) is 2.30. The zero-order valence-corrected chi connectivity index (χ0v) is 7.35. The fourth-order valence-electron chi connectivity index (χ4n) is 0.729. The van der Waals surface area contributed by atoms with E-state index in [2.05, 4.69) is 0 Å². The van der Waals surface area contributed by atoms with Gasteiger partial charge in [-0.15, -0.1) is 0 Å². The van der Waals surface area contributed by atoms with Gasteiger partial charge in [0, 0.05) is 6.26 Å². The highest BCUT2D eigenvalue weighted by Gasteiger charge is 1.93. The average molecular weight is 170 g/mol. The van der Waals surface area contributed by atoms with Crippen molar-refractivity contribution >= 4 is 11.1 Å². The van der Waals surface area contributed by atoms with Crippen molar-refractivity contribution in [3.05, 3.63) is 29.8 Å². The van der Waals surface area contributed by atoms with Crippen LogP contribution in [0.3, 0.4) is 0 Å². The van der Waals surface area contributed by atoms with Crippen LogP contribution in [0.4, 0.5) is 0 Å². The van der Waals surface area contributed by atoms with Gasteiger partial charge in [-0.25, -0.2) is 4.21 Å². The molecule has 0 heterocycles. The normalized spacial score (nSPS) is 12.5. The summed E-state index contributed by atoms with van der Waals surface area (Å²) in [6.45, 7) is 1.99. The van der Waals surface area contributed by atoms with E-state index in [1.54, 1.807) is 12.1 Å². The van der Waals surface area contributed by atoms with E-state index in [-0.39, 0.29) is 0 Å². The minimum absolute atomic E-state index is 0.649. The third kappa shape index (κ3) is 2.72. The molecule has 1 aromatic rings. The van der Waals surface area contributed by atoms with Crippen molar-refractivity contribution in [1.29, 1.82) is 0 Å². The molecule has 0 saturated carbocycles. The molecule has 0 aliphatic carbocycles. The zero-order valence-electron chi connectivity index (χ0n) is 6.53. The van der Waals surface area contributed by atoms with Gasteiger partial charge in [0.15, 0.2) is 0 Å². The van der Waals surface area contributed by atoms with Gasteiger partial charge in [-0.3, -0.25) is 0 Å². The van der Waals surface area contributed by atoms with E-state index in [1.807, 2.05) is 19.1 Å². The van der Waals surface area contributed by atoms with Crippen molar-refractivity contribution in [2.75, 3.05) is 6.26 Å². The van der Waals surface area contributed by atoms with Gasteiger partial charge in [-0.05, 0) is 19.1 Å². The Labute approximate surface area is 68.9 Å².